The zero-order valence-electron chi connectivity index (χ0n) is 34.0. The van der Waals surface area contributed by atoms with Crippen LogP contribution in [0.2, 0.25) is 0 Å². The van der Waals surface area contributed by atoms with E-state index in [4.69, 9.17) is 51.5 Å². The van der Waals surface area contributed by atoms with Crippen LogP contribution in [0.5, 0.6) is 0 Å². The van der Waals surface area contributed by atoms with Gasteiger partial charge in [0.2, 0.25) is 6.29 Å². The van der Waals surface area contributed by atoms with Crippen molar-refractivity contribution in [3.05, 3.63) is 179 Å². The van der Waals surface area contributed by atoms with E-state index in [-0.39, 0.29) is 39.6 Å². The number of hydrogen-bond donors (Lipinski definition) is 0. The maximum atomic E-state index is 13.7. The van der Waals surface area contributed by atoms with E-state index in [1.165, 1.54) is 0 Å². The predicted molar refractivity (Wildman–Crippen MR) is 224 cm³/mol. The second kappa shape index (κ2) is 22.4. The van der Waals surface area contributed by atoms with Crippen LogP contribution < -0.4 is 4.89 Å². The summed E-state index contributed by atoms with van der Waals surface area (Å²) in [6, 6.07) is 49.4. The van der Waals surface area contributed by atoms with Crippen LogP contribution in [0.15, 0.2) is 152 Å². The highest BCUT2D eigenvalue weighted by Gasteiger charge is 2.54. The third-order valence-corrected chi connectivity index (χ3v) is 12.0. The summed E-state index contributed by atoms with van der Waals surface area (Å²) in [6.45, 7) is 2.12. The summed E-state index contributed by atoms with van der Waals surface area (Å²) in [5, 5.41) is 0. The van der Waals surface area contributed by atoms with Gasteiger partial charge in [0.1, 0.15) is 36.6 Å². The Morgan fingerprint density at radius 1 is 0.426 bits per heavy atom. The second-order valence-electron chi connectivity index (χ2n) is 15.0. The first kappa shape index (κ1) is 43.7. The fourth-order valence-corrected chi connectivity index (χ4v) is 8.71. The molecule has 13 heteroatoms. The molecule has 5 aromatic rings. The zero-order chi connectivity index (χ0) is 41.5. The zero-order valence-corrected chi connectivity index (χ0v) is 34.9. The third-order valence-electron chi connectivity index (χ3n) is 10.5. The van der Waals surface area contributed by atoms with Gasteiger partial charge in [-0.2, -0.15) is 9.05 Å². The molecule has 5 aromatic carbocycles. The quantitative estimate of drug-likeness (QED) is 0.0680. The average molecular weight is 853 g/mol. The molecule has 12 nitrogen and oxygen atoms in total. The van der Waals surface area contributed by atoms with E-state index in [1.54, 1.807) is 0 Å². The van der Waals surface area contributed by atoms with E-state index >= 15 is 0 Å². The highest BCUT2D eigenvalue weighted by molar-refractivity contribution is 7.54. The predicted octanol–water partition coefficient (Wildman–Crippen LogP) is 7.50. The molecule has 3 heterocycles. The van der Waals surface area contributed by atoms with Crippen LogP contribution in [0.25, 0.3) is 0 Å². The highest BCUT2D eigenvalue weighted by Crippen LogP contribution is 2.58. The van der Waals surface area contributed by atoms with Gasteiger partial charge in [-0.3, -0.25) is 0 Å². The molecule has 0 radical (unpaired) electrons. The molecule has 0 aromatic heterocycles. The molecular weight excluding hydrogens is 799 g/mol. The van der Waals surface area contributed by atoms with Gasteiger partial charge in [0.05, 0.1) is 59.5 Å². The van der Waals surface area contributed by atoms with Crippen molar-refractivity contribution in [2.24, 2.45) is 0 Å². The Labute approximate surface area is 358 Å². The van der Waals surface area contributed by atoms with Crippen molar-refractivity contribution >= 4 is 8.17 Å². The molecule has 3 fully saturated rings. The number of hydrogen-bond acceptors (Lipinski definition) is 12. The number of phosphoric acid groups is 1. The minimum Gasteiger partial charge on any atom is -0.606 e. The van der Waals surface area contributed by atoms with Gasteiger partial charge in [-0.25, -0.2) is 0 Å². The van der Waals surface area contributed by atoms with Gasteiger partial charge >= 0.3 is 8.17 Å². The largest absolute Gasteiger partial charge is 0.606 e. The van der Waals surface area contributed by atoms with Crippen molar-refractivity contribution in [2.45, 2.75) is 88.7 Å². The van der Waals surface area contributed by atoms with Gasteiger partial charge in [-0.15, -0.1) is 4.52 Å². The third kappa shape index (κ3) is 12.6. The van der Waals surface area contributed by atoms with E-state index in [9.17, 15) is 4.89 Å². The van der Waals surface area contributed by atoms with Gasteiger partial charge in [-0.05, 0) is 27.8 Å². The second-order valence-corrected chi connectivity index (χ2v) is 16.7. The maximum absolute atomic E-state index is 13.7. The lowest BCUT2D eigenvalue weighted by Gasteiger charge is -2.31. The average Bonchev–Trinajstić information content (AvgIpc) is 3.81. The van der Waals surface area contributed by atoms with E-state index in [0.29, 0.717) is 26.2 Å². The monoisotopic (exact) mass is 852 g/mol. The lowest BCUT2D eigenvalue weighted by atomic mass is 10.1. The molecular formula is C48H53O12P. The van der Waals surface area contributed by atoms with E-state index in [1.807, 2.05) is 152 Å². The van der Waals surface area contributed by atoms with E-state index in [2.05, 4.69) is 0 Å². The Morgan fingerprint density at radius 3 is 1.23 bits per heavy atom. The molecule has 0 unspecified atom stereocenters. The Hall–Kier alpha value is -3.95. The van der Waals surface area contributed by atoms with Crippen LogP contribution in [0, 0.1) is 0 Å². The van der Waals surface area contributed by atoms with Crippen molar-refractivity contribution in [1.82, 2.24) is 0 Å². The van der Waals surface area contributed by atoms with E-state index < -0.39 is 57.4 Å². The summed E-state index contributed by atoms with van der Waals surface area (Å²) in [6.07, 6.45) is -5.65. The number of rotatable bonds is 21. The first-order valence-corrected chi connectivity index (χ1v) is 22.3. The lowest BCUT2D eigenvalue weighted by Crippen LogP contribution is -2.42. The van der Waals surface area contributed by atoms with Crippen molar-refractivity contribution < 1.29 is 56.4 Å². The molecule has 0 aliphatic carbocycles. The molecule has 61 heavy (non-hydrogen) atoms. The SMILES string of the molecule is [O-][P+]1(O[C@H]2O[C@H](CO[C@@H]3O[C@H](COCc4ccccc4)[C@@H](OCc4ccccc4)[C@@H]3OCc3ccccc3)[C@@H](OCc3ccccc3)[C@@H]2OCc2ccccc2)OCCCO1. The maximum Gasteiger partial charge on any atom is 0.382 e. The first-order chi connectivity index (χ1) is 30.1. The van der Waals surface area contributed by atoms with Gasteiger partial charge in [0.25, 0.3) is 0 Å². The lowest BCUT2D eigenvalue weighted by molar-refractivity contribution is -0.279. The molecule has 8 rings (SSSR count). The molecule has 0 N–H and O–H groups in total. The Balaban J connectivity index is 1.04. The topological polar surface area (TPSA) is 125 Å². The normalized spacial score (nSPS) is 26.0. The molecule has 0 saturated carbocycles. The molecule has 0 amide bonds. The van der Waals surface area contributed by atoms with Crippen LogP contribution in [-0.4, -0.2) is 75.6 Å². The van der Waals surface area contributed by atoms with Gasteiger partial charge in [0.15, 0.2) is 6.29 Å². The summed E-state index contributed by atoms with van der Waals surface area (Å²) >= 11 is 0. The molecule has 0 spiro atoms. The van der Waals surface area contributed by atoms with Crippen LogP contribution in [-0.2, 0) is 84.5 Å². The van der Waals surface area contributed by atoms with Crippen LogP contribution in [0.3, 0.4) is 0 Å². The minimum atomic E-state index is -3.97. The summed E-state index contributed by atoms with van der Waals surface area (Å²) in [7, 11) is -3.97. The minimum absolute atomic E-state index is 0.0324. The van der Waals surface area contributed by atoms with Crippen molar-refractivity contribution in [3.8, 4) is 0 Å². The van der Waals surface area contributed by atoms with Gasteiger partial charge in [0, 0.05) is 6.42 Å². The Kier molecular flexibility index (Phi) is 16.1. The molecule has 8 atom stereocenters. The summed E-state index contributed by atoms with van der Waals surface area (Å²) in [5.41, 5.74) is 4.91. The standard InChI is InChI=1S/C48H53O12P/c49-61(56-27-16-28-57-61)60-48-46(54-33-40-25-14-5-15-26-40)44(52-31-38-21-10-3-11-22-38)42(59-48)35-55-47-45(53-32-39-23-12-4-13-24-39)43(51-30-37-19-8-2-9-20-37)41(58-47)34-50-29-36-17-6-1-7-18-36/h1-15,17-26,41-48H,16,27-35H2/t41-,42-,43-,44-,45+,46+,47-,48-/m1/s1. The molecule has 3 saturated heterocycles. The van der Waals surface area contributed by atoms with E-state index in [0.717, 1.165) is 27.8 Å². The molecule has 3 aliphatic rings. The molecule has 3 aliphatic heterocycles. The van der Waals surface area contributed by atoms with Crippen LogP contribution in [0.1, 0.15) is 34.2 Å². The fraction of sp³-hybridized carbons (Fsp3) is 0.375. The highest BCUT2D eigenvalue weighted by atomic mass is 31.2. The number of phosphoric ester groups is 1. The van der Waals surface area contributed by atoms with Crippen molar-refractivity contribution in [3.63, 3.8) is 0 Å². The summed E-state index contributed by atoms with van der Waals surface area (Å²) < 4.78 is 69.8. The van der Waals surface area contributed by atoms with Gasteiger partial charge in [-0.1, -0.05) is 152 Å². The van der Waals surface area contributed by atoms with Crippen LogP contribution >= 0.6 is 8.17 Å². The van der Waals surface area contributed by atoms with Crippen LogP contribution in [0.4, 0.5) is 0 Å². The van der Waals surface area contributed by atoms with Crippen molar-refractivity contribution in [2.75, 3.05) is 26.4 Å². The molecule has 322 valence electrons. The number of benzene rings is 5. The number of ether oxygens (including phenoxy) is 8. The van der Waals surface area contributed by atoms with Crippen molar-refractivity contribution in [1.29, 1.82) is 0 Å². The molecule has 0 bridgehead atoms. The smallest absolute Gasteiger partial charge is 0.382 e. The summed E-state index contributed by atoms with van der Waals surface area (Å²) in [4.78, 5) is 13.7. The van der Waals surface area contributed by atoms with Gasteiger partial charge < -0.3 is 42.8 Å². The fourth-order valence-electron chi connectivity index (χ4n) is 7.39. The first-order valence-electron chi connectivity index (χ1n) is 20.8. The Bertz CT molecular complexity index is 1980. The Morgan fingerprint density at radius 2 is 0.787 bits per heavy atom. The summed E-state index contributed by atoms with van der Waals surface area (Å²) in [5.74, 6) is 0.